The Kier molecular flexibility index (Phi) is 12.3. The first kappa shape index (κ1) is 52.0. The van der Waals surface area contributed by atoms with E-state index < -0.39 is 0 Å². The van der Waals surface area contributed by atoms with Crippen molar-refractivity contribution in [1.29, 1.82) is 0 Å². The predicted octanol–water partition coefficient (Wildman–Crippen LogP) is 19.4. The molecule has 4 aliphatic rings. The van der Waals surface area contributed by atoms with Crippen LogP contribution in [0.15, 0.2) is 271 Å². The highest BCUT2D eigenvalue weighted by Gasteiger charge is 2.32. The summed E-state index contributed by atoms with van der Waals surface area (Å²) in [6.45, 7) is 20.5. The third kappa shape index (κ3) is 8.08. The van der Waals surface area contributed by atoms with Gasteiger partial charge in [-0.1, -0.05) is 219 Å². The summed E-state index contributed by atoms with van der Waals surface area (Å²) in [4.78, 5) is 4.79. The maximum Gasteiger partial charge on any atom is 0.159 e. The first-order valence-corrected chi connectivity index (χ1v) is 30.4. The second kappa shape index (κ2) is 20.6. The fourth-order valence-corrected chi connectivity index (χ4v) is 14.7. The number of aromatic nitrogens is 2. The molecule has 0 saturated heterocycles. The summed E-state index contributed by atoms with van der Waals surface area (Å²) in [6.07, 6.45) is 42.8. The van der Waals surface area contributed by atoms with Gasteiger partial charge in [0.05, 0.1) is 51.6 Å². The lowest BCUT2D eigenvalue weighted by atomic mass is 9.89. The topological polar surface area (TPSA) is 37.7 Å². The lowest BCUT2D eigenvalue weighted by Crippen LogP contribution is -2.31. The van der Waals surface area contributed by atoms with Crippen LogP contribution < -0.4 is 15.5 Å². The zero-order chi connectivity index (χ0) is 58.6. The SMILES string of the molecule is C=Cc1oc2c(N(c3ccc4c(c3)c3cccc5c6c(-c7ccccc7)c7c(c(-c8ccccc8)c6n4c35)c3cccc4/c(=C/C(=C)N(/C=C/C=C\C5=COC6C=CC=CC56)C5C=CC(C)=CC5)c(=C)n7c43)C3C=CC(C)=CC3)cccc2c1/C=C\C. The van der Waals surface area contributed by atoms with Gasteiger partial charge in [0.15, 0.2) is 5.58 Å². The van der Waals surface area contributed by atoms with Crippen LogP contribution in [0.2, 0.25) is 0 Å². The Morgan fingerprint density at radius 2 is 1.28 bits per heavy atom. The number of para-hydroxylation sites is 3. The second-order valence-electron chi connectivity index (χ2n) is 23.7. The van der Waals surface area contributed by atoms with E-state index in [1.165, 1.54) is 65.6 Å². The second-order valence-corrected chi connectivity index (χ2v) is 23.7. The van der Waals surface area contributed by atoms with Crippen LogP contribution >= 0.6 is 0 Å². The largest absolute Gasteiger partial charge is 0.493 e. The number of rotatable bonds is 13. The van der Waals surface area contributed by atoms with Gasteiger partial charge >= 0.3 is 0 Å². The number of benzene rings is 7. The molecule has 4 atom stereocenters. The Labute approximate surface area is 505 Å². The molecule has 12 aromatic rings. The Morgan fingerprint density at radius 3 is 1.97 bits per heavy atom. The standard InChI is InChI=1S/C81H64N4O2/c1-7-22-61-64-31-21-34-70(81(64)87-71(61)8-2)84(58-42-38-51(4)39-43-58)59-44-45-69-68(48-59)63-30-20-33-66-76-73(54-23-11-9-12-24-54)79-75(74(55-25-13-10-14-26-55)80(76)85(69)78(63)66)65-32-19-29-62-67(53(6)83(79)77(62)65)47-52(5)82(57-40-36-50(3)37-41-57)46-18-17-27-56-49-86-72-35-16-15-28-60(56)72/h7-40,42,44-49,57-58,60,72H,2,5-6,41,43H2,1,3-4H3/b22-7-,27-17-,46-18+,67-47+. The van der Waals surface area contributed by atoms with Crippen molar-refractivity contribution < 1.29 is 9.15 Å². The minimum atomic E-state index is 0.0441. The van der Waals surface area contributed by atoms with Crippen molar-refractivity contribution in [2.45, 2.75) is 51.8 Å². The van der Waals surface area contributed by atoms with Crippen molar-refractivity contribution in [3.8, 4) is 22.3 Å². The van der Waals surface area contributed by atoms with E-state index in [-0.39, 0.29) is 24.1 Å². The summed E-state index contributed by atoms with van der Waals surface area (Å²) in [5.41, 5.74) is 19.1. The van der Waals surface area contributed by atoms with E-state index >= 15 is 0 Å². The molecule has 0 bridgehead atoms. The van der Waals surface area contributed by atoms with Gasteiger partial charge in [-0.3, -0.25) is 0 Å². The number of anilines is 2. The molecule has 0 fully saturated rings. The minimum absolute atomic E-state index is 0.0441. The van der Waals surface area contributed by atoms with Gasteiger partial charge in [0.25, 0.3) is 0 Å². The van der Waals surface area contributed by atoms with E-state index in [4.69, 9.17) is 22.3 Å². The Morgan fingerprint density at radius 1 is 0.632 bits per heavy atom. The molecule has 1 aliphatic heterocycles. The summed E-state index contributed by atoms with van der Waals surface area (Å²) < 4.78 is 17.8. The lowest BCUT2D eigenvalue weighted by Gasteiger charge is -2.33. The van der Waals surface area contributed by atoms with Gasteiger partial charge in [-0.05, 0) is 98.9 Å². The number of fused-ring (bicyclic) bond motifs is 11. The molecule has 87 heavy (non-hydrogen) atoms. The summed E-state index contributed by atoms with van der Waals surface area (Å²) in [7, 11) is 0. The van der Waals surface area contributed by atoms with Gasteiger partial charge in [0.2, 0.25) is 0 Å². The van der Waals surface area contributed by atoms with Crippen molar-refractivity contribution in [3.63, 3.8) is 0 Å². The molecule has 6 heteroatoms. The number of allylic oxidation sites excluding steroid dienone is 11. The van der Waals surface area contributed by atoms with Gasteiger partial charge in [0, 0.05) is 93.9 Å². The highest BCUT2D eigenvalue weighted by atomic mass is 16.5. The first-order chi connectivity index (χ1) is 42.8. The number of ether oxygens (including phenoxy) is 1. The van der Waals surface area contributed by atoms with Crippen LogP contribution in [0.5, 0.6) is 0 Å². The van der Waals surface area contributed by atoms with Crippen LogP contribution in [0.3, 0.4) is 0 Å². The maximum absolute atomic E-state index is 6.77. The molecule has 0 radical (unpaired) electrons. The van der Waals surface area contributed by atoms with Crippen molar-refractivity contribution in [3.05, 3.63) is 288 Å². The highest BCUT2D eigenvalue weighted by molar-refractivity contribution is 6.36. The van der Waals surface area contributed by atoms with E-state index in [9.17, 15) is 0 Å². The van der Waals surface area contributed by atoms with Crippen LogP contribution in [0.4, 0.5) is 11.4 Å². The van der Waals surface area contributed by atoms with E-state index in [0.29, 0.717) is 0 Å². The fraction of sp³-hybridized carbons (Fsp3) is 0.111. The smallest absolute Gasteiger partial charge is 0.159 e. The molecule has 4 unspecified atom stereocenters. The Balaban J connectivity index is 0.932. The molecule has 6 nitrogen and oxygen atoms in total. The van der Waals surface area contributed by atoms with E-state index in [2.05, 4.69) is 276 Å². The van der Waals surface area contributed by atoms with Crippen LogP contribution in [0.25, 0.3) is 123 Å². The minimum Gasteiger partial charge on any atom is -0.493 e. The molecule has 3 aliphatic carbocycles. The quantitative estimate of drug-likeness (QED) is 0.108. The number of hydrogen-bond donors (Lipinski definition) is 0. The van der Waals surface area contributed by atoms with Gasteiger partial charge < -0.3 is 27.8 Å². The third-order valence-corrected chi connectivity index (χ3v) is 18.6. The molecular weight excluding hydrogens is 1060 g/mol. The van der Waals surface area contributed by atoms with Crippen LogP contribution in [0, 0.1) is 5.92 Å². The monoisotopic (exact) mass is 1120 g/mol. The number of furan rings is 1. The Bertz CT molecular complexity index is 5310. The highest BCUT2D eigenvalue weighted by Crippen LogP contribution is 2.53. The molecule has 7 aromatic carbocycles. The molecule has 0 N–H and O–H groups in total. The molecule has 0 amide bonds. The average Bonchev–Trinajstić information content (AvgIpc) is 1.51. The number of nitrogens with zero attached hydrogens (tertiary/aromatic N) is 4. The van der Waals surface area contributed by atoms with Gasteiger partial charge in [-0.15, -0.1) is 0 Å². The zero-order valence-corrected chi connectivity index (χ0v) is 49.1. The molecule has 0 spiro atoms. The summed E-state index contributed by atoms with van der Waals surface area (Å²) in [5.74, 6) is 0.991. The van der Waals surface area contributed by atoms with Gasteiger partial charge in [-0.2, -0.15) is 0 Å². The number of hydrogen-bond acceptors (Lipinski definition) is 4. The normalized spacial score (nSPS) is 18.8. The molecule has 0 saturated carbocycles. The predicted molar refractivity (Wildman–Crippen MR) is 368 cm³/mol. The maximum atomic E-state index is 6.77. The lowest BCUT2D eigenvalue weighted by molar-refractivity contribution is 0.192. The molecule has 5 aromatic heterocycles. The Hall–Kier alpha value is -10.6. The van der Waals surface area contributed by atoms with Crippen molar-refractivity contribution in [2.24, 2.45) is 5.92 Å². The zero-order valence-electron chi connectivity index (χ0n) is 49.1. The van der Waals surface area contributed by atoms with E-state index in [1.54, 1.807) is 0 Å². The fourth-order valence-electron chi connectivity index (χ4n) is 14.7. The van der Waals surface area contributed by atoms with Gasteiger partial charge in [0.1, 0.15) is 11.9 Å². The summed E-state index contributed by atoms with van der Waals surface area (Å²) in [6, 6.07) is 49.6. The summed E-state index contributed by atoms with van der Waals surface area (Å²) >= 11 is 0. The van der Waals surface area contributed by atoms with Gasteiger partial charge in [-0.25, -0.2) is 0 Å². The van der Waals surface area contributed by atoms with Crippen LogP contribution in [-0.4, -0.2) is 31.9 Å². The molecular formula is C81H64N4O2. The van der Waals surface area contributed by atoms with Crippen LogP contribution in [-0.2, 0) is 4.74 Å². The third-order valence-electron chi connectivity index (χ3n) is 18.6. The molecule has 6 heterocycles. The first-order valence-electron chi connectivity index (χ1n) is 30.4. The van der Waals surface area contributed by atoms with Crippen molar-refractivity contribution >= 4 is 112 Å². The molecule has 16 rings (SSSR count). The summed E-state index contributed by atoms with van der Waals surface area (Å²) in [5, 5.41) is 11.4. The van der Waals surface area contributed by atoms with E-state index in [0.717, 1.165) is 101 Å². The van der Waals surface area contributed by atoms with Crippen molar-refractivity contribution in [2.75, 3.05) is 4.90 Å². The van der Waals surface area contributed by atoms with Crippen molar-refractivity contribution in [1.82, 2.24) is 13.7 Å². The van der Waals surface area contributed by atoms with E-state index in [1.807, 2.05) is 19.3 Å². The molecule has 420 valence electrons. The average molecular weight is 1130 g/mol. The van der Waals surface area contributed by atoms with Crippen LogP contribution in [0.1, 0.15) is 44.9 Å².